The predicted molar refractivity (Wildman–Crippen MR) is 84.5 cm³/mol. The van der Waals surface area contributed by atoms with Crippen LogP contribution in [0.2, 0.25) is 5.02 Å². The molecule has 2 aliphatic carbocycles. The van der Waals surface area contributed by atoms with Crippen molar-refractivity contribution in [2.45, 2.75) is 58.1 Å². The number of para-hydroxylation sites is 1. The molecule has 1 spiro atoms. The van der Waals surface area contributed by atoms with Crippen molar-refractivity contribution in [3.8, 4) is 0 Å². The lowest BCUT2D eigenvalue weighted by Gasteiger charge is -2.54. The van der Waals surface area contributed by atoms with Crippen LogP contribution in [0.15, 0.2) is 18.2 Å². The van der Waals surface area contributed by atoms with Crippen LogP contribution in [0.25, 0.3) is 0 Å². The molecule has 110 valence electrons. The highest BCUT2D eigenvalue weighted by Gasteiger charge is 2.56. The van der Waals surface area contributed by atoms with E-state index in [0.29, 0.717) is 17.6 Å². The fourth-order valence-electron chi connectivity index (χ4n) is 4.08. The molecule has 0 aromatic heterocycles. The van der Waals surface area contributed by atoms with Crippen LogP contribution in [-0.2, 0) is 4.74 Å². The van der Waals surface area contributed by atoms with Crippen LogP contribution in [0.3, 0.4) is 0 Å². The topological polar surface area (TPSA) is 21.3 Å². The molecule has 1 N–H and O–H groups in total. The van der Waals surface area contributed by atoms with Gasteiger partial charge >= 0.3 is 0 Å². The summed E-state index contributed by atoms with van der Waals surface area (Å²) in [5.74, 6) is 0. The van der Waals surface area contributed by atoms with Crippen molar-refractivity contribution in [1.82, 2.24) is 0 Å². The zero-order valence-electron chi connectivity index (χ0n) is 12.4. The van der Waals surface area contributed by atoms with Crippen LogP contribution in [0.4, 0.5) is 5.69 Å². The summed E-state index contributed by atoms with van der Waals surface area (Å²) in [6.45, 7) is 5.04. The van der Waals surface area contributed by atoms with E-state index in [1.807, 2.05) is 12.1 Å². The first-order chi connectivity index (χ1) is 9.67. The molecule has 2 saturated carbocycles. The van der Waals surface area contributed by atoms with E-state index in [4.69, 9.17) is 16.3 Å². The van der Waals surface area contributed by atoms with Crippen molar-refractivity contribution >= 4 is 17.3 Å². The summed E-state index contributed by atoms with van der Waals surface area (Å²) >= 11 is 6.35. The summed E-state index contributed by atoms with van der Waals surface area (Å²) in [5.41, 5.74) is 2.69. The largest absolute Gasteiger partial charge is 0.380 e. The smallest absolute Gasteiger partial charge is 0.0670 e. The van der Waals surface area contributed by atoms with Crippen molar-refractivity contribution in [3.05, 3.63) is 28.8 Å². The standard InChI is InChI=1S/C17H24ClNO/c1-3-20-15-11-14(17(15)9-4-5-10-17)19-16-12(2)7-6-8-13(16)18/h6-8,14-15,19H,3-5,9-11H2,1-2H3. The van der Waals surface area contributed by atoms with Crippen molar-refractivity contribution in [2.75, 3.05) is 11.9 Å². The molecule has 2 fully saturated rings. The van der Waals surface area contributed by atoms with Crippen LogP contribution in [0.5, 0.6) is 0 Å². The fraction of sp³-hybridized carbons (Fsp3) is 0.647. The second-order valence-electron chi connectivity index (χ2n) is 6.25. The minimum atomic E-state index is 0.349. The van der Waals surface area contributed by atoms with Gasteiger partial charge in [-0.25, -0.2) is 0 Å². The first-order valence-corrected chi connectivity index (χ1v) is 8.18. The number of hydrogen-bond acceptors (Lipinski definition) is 2. The summed E-state index contributed by atoms with van der Waals surface area (Å²) in [4.78, 5) is 0. The van der Waals surface area contributed by atoms with Gasteiger partial charge in [0.05, 0.1) is 16.8 Å². The average molecular weight is 294 g/mol. The van der Waals surface area contributed by atoms with Gasteiger partial charge in [-0.2, -0.15) is 0 Å². The zero-order chi connectivity index (χ0) is 14.2. The van der Waals surface area contributed by atoms with E-state index in [2.05, 4.69) is 25.2 Å². The van der Waals surface area contributed by atoms with Gasteiger partial charge in [-0.1, -0.05) is 36.6 Å². The lowest BCUT2D eigenvalue weighted by molar-refractivity contribution is -0.114. The second-order valence-corrected chi connectivity index (χ2v) is 6.66. The van der Waals surface area contributed by atoms with E-state index in [-0.39, 0.29) is 0 Å². The van der Waals surface area contributed by atoms with E-state index in [1.54, 1.807) is 0 Å². The Morgan fingerprint density at radius 1 is 1.35 bits per heavy atom. The highest BCUT2D eigenvalue weighted by atomic mass is 35.5. The molecule has 0 bridgehead atoms. The molecule has 0 amide bonds. The van der Waals surface area contributed by atoms with Gasteiger partial charge in [0.2, 0.25) is 0 Å². The maximum atomic E-state index is 6.35. The highest BCUT2D eigenvalue weighted by molar-refractivity contribution is 6.33. The van der Waals surface area contributed by atoms with Crippen molar-refractivity contribution in [2.24, 2.45) is 5.41 Å². The summed E-state index contributed by atoms with van der Waals surface area (Å²) in [5, 5.41) is 4.56. The second kappa shape index (κ2) is 5.57. The number of hydrogen-bond donors (Lipinski definition) is 1. The van der Waals surface area contributed by atoms with Gasteiger partial charge in [0.25, 0.3) is 0 Å². The molecule has 1 aromatic carbocycles. The van der Waals surface area contributed by atoms with Gasteiger partial charge in [0.15, 0.2) is 0 Å². The summed E-state index contributed by atoms with van der Waals surface area (Å²) in [7, 11) is 0. The van der Waals surface area contributed by atoms with Gasteiger partial charge in [0, 0.05) is 18.1 Å². The number of rotatable bonds is 4. The molecule has 2 nitrogen and oxygen atoms in total. The molecule has 3 rings (SSSR count). The third-order valence-electron chi connectivity index (χ3n) is 5.23. The zero-order valence-corrected chi connectivity index (χ0v) is 13.2. The Morgan fingerprint density at radius 2 is 2.10 bits per heavy atom. The molecule has 0 radical (unpaired) electrons. The summed E-state index contributed by atoms with van der Waals surface area (Å²) in [6.07, 6.45) is 6.80. The van der Waals surface area contributed by atoms with Crippen molar-refractivity contribution in [3.63, 3.8) is 0 Å². The normalized spacial score (nSPS) is 27.6. The molecule has 0 heterocycles. The summed E-state index contributed by atoms with van der Waals surface area (Å²) in [6, 6.07) is 6.61. The molecule has 20 heavy (non-hydrogen) atoms. The number of benzene rings is 1. The van der Waals surface area contributed by atoms with Crippen molar-refractivity contribution in [1.29, 1.82) is 0 Å². The van der Waals surface area contributed by atoms with Gasteiger partial charge in [-0.05, 0) is 44.7 Å². The Hall–Kier alpha value is -0.730. The van der Waals surface area contributed by atoms with Crippen LogP contribution in [0, 0.1) is 12.3 Å². The first-order valence-electron chi connectivity index (χ1n) is 7.80. The number of anilines is 1. The van der Waals surface area contributed by atoms with Crippen LogP contribution in [0.1, 0.15) is 44.6 Å². The lowest BCUT2D eigenvalue weighted by atomic mass is 9.60. The molecule has 1 aromatic rings. The molecule has 2 aliphatic rings. The van der Waals surface area contributed by atoms with Crippen LogP contribution >= 0.6 is 11.6 Å². The number of halogens is 1. The lowest BCUT2D eigenvalue weighted by Crippen LogP contribution is -2.60. The van der Waals surface area contributed by atoms with E-state index in [0.717, 1.165) is 23.7 Å². The monoisotopic (exact) mass is 293 g/mol. The Bertz CT molecular complexity index is 462. The van der Waals surface area contributed by atoms with E-state index in [9.17, 15) is 0 Å². The third kappa shape index (κ3) is 2.23. The SMILES string of the molecule is CCOC1CC(Nc2c(C)cccc2Cl)C12CCCC2. The minimum Gasteiger partial charge on any atom is -0.380 e. The maximum Gasteiger partial charge on any atom is 0.0670 e. The van der Waals surface area contributed by atoms with Gasteiger partial charge in [-0.15, -0.1) is 0 Å². The Morgan fingerprint density at radius 3 is 2.75 bits per heavy atom. The molecule has 3 heteroatoms. The third-order valence-corrected chi connectivity index (χ3v) is 5.54. The molecule has 0 aliphatic heterocycles. The van der Waals surface area contributed by atoms with Gasteiger partial charge in [0.1, 0.15) is 0 Å². The Labute approximate surface area is 126 Å². The van der Waals surface area contributed by atoms with E-state index >= 15 is 0 Å². The Balaban J connectivity index is 1.78. The molecule has 0 saturated heterocycles. The molecular weight excluding hydrogens is 270 g/mol. The van der Waals surface area contributed by atoms with Crippen molar-refractivity contribution < 1.29 is 4.74 Å². The molecular formula is C17H24ClNO. The maximum absolute atomic E-state index is 6.35. The van der Waals surface area contributed by atoms with Gasteiger partial charge in [-0.3, -0.25) is 0 Å². The minimum absolute atomic E-state index is 0.349. The first kappa shape index (κ1) is 14.2. The van der Waals surface area contributed by atoms with E-state index < -0.39 is 0 Å². The summed E-state index contributed by atoms with van der Waals surface area (Å²) < 4.78 is 5.97. The fourth-order valence-corrected chi connectivity index (χ4v) is 4.35. The number of nitrogens with one attached hydrogen (secondary N) is 1. The van der Waals surface area contributed by atoms with Gasteiger partial charge < -0.3 is 10.1 Å². The number of ether oxygens (including phenoxy) is 1. The highest BCUT2D eigenvalue weighted by Crippen LogP contribution is 2.56. The average Bonchev–Trinajstić information content (AvgIpc) is 2.93. The molecule has 2 atom stereocenters. The Kier molecular flexibility index (Phi) is 3.96. The van der Waals surface area contributed by atoms with Crippen LogP contribution in [-0.4, -0.2) is 18.8 Å². The molecule has 2 unspecified atom stereocenters. The van der Waals surface area contributed by atoms with Crippen LogP contribution < -0.4 is 5.32 Å². The van der Waals surface area contributed by atoms with E-state index in [1.165, 1.54) is 31.2 Å². The predicted octanol–water partition coefficient (Wildman–Crippen LogP) is 4.80. The number of aryl methyl sites for hydroxylation is 1. The quantitative estimate of drug-likeness (QED) is 0.861.